The summed E-state index contributed by atoms with van der Waals surface area (Å²) in [5.74, 6) is -0.715. The standard InChI is InChI=1S/C17H16N4O3/c1-21-5-4-12-10(9-21)7-18-8-13(12)16(22)19-11-2-3-15-14(6-11)20-17(23)24-15/h2-3,6-8H,4-5,9H2,1H3,(H,19,22)(H,20,23). The van der Waals surface area contributed by atoms with Crippen LogP contribution in [-0.4, -0.2) is 34.4 Å². The number of nitrogens with zero attached hydrogens (tertiary/aromatic N) is 2. The lowest BCUT2D eigenvalue weighted by Gasteiger charge is -2.26. The van der Waals surface area contributed by atoms with Crippen molar-refractivity contribution >= 4 is 22.7 Å². The maximum atomic E-state index is 12.6. The van der Waals surface area contributed by atoms with Gasteiger partial charge < -0.3 is 14.6 Å². The van der Waals surface area contributed by atoms with Gasteiger partial charge in [0.25, 0.3) is 5.91 Å². The van der Waals surface area contributed by atoms with Gasteiger partial charge in [-0.25, -0.2) is 4.79 Å². The van der Waals surface area contributed by atoms with Crippen molar-refractivity contribution in [1.82, 2.24) is 14.9 Å². The summed E-state index contributed by atoms with van der Waals surface area (Å²) in [5.41, 5.74) is 4.34. The summed E-state index contributed by atoms with van der Waals surface area (Å²) in [4.78, 5) is 32.8. The normalized spacial score (nSPS) is 14.5. The molecule has 4 rings (SSSR count). The fourth-order valence-electron chi connectivity index (χ4n) is 3.06. The minimum Gasteiger partial charge on any atom is -0.408 e. The number of carbonyl (C=O) groups excluding carboxylic acids is 1. The maximum Gasteiger partial charge on any atom is 0.417 e. The summed E-state index contributed by atoms with van der Waals surface area (Å²) in [6.07, 6.45) is 4.26. The molecule has 0 spiro atoms. The molecule has 7 heteroatoms. The number of hydrogen-bond acceptors (Lipinski definition) is 5. The summed E-state index contributed by atoms with van der Waals surface area (Å²) in [6, 6.07) is 5.03. The Kier molecular flexibility index (Phi) is 3.42. The van der Waals surface area contributed by atoms with E-state index in [1.807, 2.05) is 6.20 Å². The molecule has 3 aromatic rings. The van der Waals surface area contributed by atoms with E-state index in [-0.39, 0.29) is 5.91 Å². The second-order valence-corrected chi connectivity index (χ2v) is 5.99. The largest absolute Gasteiger partial charge is 0.417 e. The van der Waals surface area contributed by atoms with Crippen molar-refractivity contribution in [2.45, 2.75) is 13.0 Å². The number of carbonyl (C=O) groups is 1. The van der Waals surface area contributed by atoms with Crippen LogP contribution < -0.4 is 11.1 Å². The Hall–Kier alpha value is -2.93. The molecule has 3 heterocycles. The number of nitrogens with one attached hydrogen (secondary N) is 2. The van der Waals surface area contributed by atoms with Crippen molar-refractivity contribution in [2.75, 3.05) is 18.9 Å². The van der Waals surface area contributed by atoms with E-state index < -0.39 is 5.76 Å². The molecule has 0 fully saturated rings. The summed E-state index contributed by atoms with van der Waals surface area (Å²) < 4.78 is 4.96. The predicted octanol–water partition coefficient (Wildman–Crippen LogP) is 1.76. The van der Waals surface area contributed by atoms with Gasteiger partial charge in [-0.05, 0) is 42.8 Å². The number of H-pyrrole nitrogens is 1. The van der Waals surface area contributed by atoms with Gasteiger partial charge in [0, 0.05) is 31.2 Å². The molecule has 1 aromatic carbocycles. The molecule has 2 aromatic heterocycles. The molecule has 1 aliphatic rings. The molecule has 122 valence electrons. The Morgan fingerprint density at radius 1 is 1.38 bits per heavy atom. The fraction of sp³-hybridized carbons (Fsp3) is 0.235. The Morgan fingerprint density at radius 2 is 2.25 bits per heavy atom. The molecule has 0 atom stereocenters. The van der Waals surface area contributed by atoms with Gasteiger partial charge in [-0.15, -0.1) is 0 Å². The molecule has 0 saturated heterocycles. The van der Waals surface area contributed by atoms with Gasteiger partial charge in [0.05, 0.1) is 11.1 Å². The molecule has 0 unspecified atom stereocenters. The average Bonchev–Trinajstić information content (AvgIpc) is 2.93. The van der Waals surface area contributed by atoms with Crippen molar-refractivity contribution in [1.29, 1.82) is 0 Å². The van der Waals surface area contributed by atoms with Gasteiger partial charge in [-0.2, -0.15) is 0 Å². The molecule has 7 nitrogen and oxygen atoms in total. The van der Waals surface area contributed by atoms with Gasteiger partial charge in [-0.3, -0.25) is 14.8 Å². The summed E-state index contributed by atoms with van der Waals surface area (Å²) in [5, 5.41) is 2.86. The Balaban J connectivity index is 1.64. The zero-order valence-corrected chi connectivity index (χ0v) is 13.1. The van der Waals surface area contributed by atoms with Crippen molar-refractivity contribution in [3.05, 3.63) is 57.8 Å². The first-order valence-electron chi connectivity index (χ1n) is 7.69. The van der Waals surface area contributed by atoms with Crippen molar-refractivity contribution in [3.8, 4) is 0 Å². The molecule has 0 radical (unpaired) electrons. The van der Waals surface area contributed by atoms with Crippen LogP contribution in [0.25, 0.3) is 11.1 Å². The first-order valence-corrected chi connectivity index (χ1v) is 7.69. The molecular weight excluding hydrogens is 308 g/mol. The smallest absolute Gasteiger partial charge is 0.408 e. The van der Waals surface area contributed by atoms with Crippen LogP contribution >= 0.6 is 0 Å². The predicted molar refractivity (Wildman–Crippen MR) is 89.1 cm³/mol. The third-order valence-corrected chi connectivity index (χ3v) is 4.25. The van der Waals surface area contributed by atoms with Crippen LogP contribution in [-0.2, 0) is 13.0 Å². The van der Waals surface area contributed by atoms with E-state index in [1.54, 1.807) is 24.4 Å². The number of pyridine rings is 1. The lowest BCUT2D eigenvalue weighted by Crippen LogP contribution is -2.29. The Labute approximate surface area is 137 Å². The maximum absolute atomic E-state index is 12.6. The Morgan fingerprint density at radius 3 is 3.12 bits per heavy atom. The quantitative estimate of drug-likeness (QED) is 0.749. The number of hydrogen-bond donors (Lipinski definition) is 2. The number of oxazole rings is 1. The van der Waals surface area contributed by atoms with Crippen molar-refractivity contribution in [3.63, 3.8) is 0 Å². The molecule has 0 saturated carbocycles. The van der Waals surface area contributed by atoms with Crippen LogP contribution in [0.1, 0.15) is 21.5 Å². The lowest BCUT2D eigenvalue weighted by molar-refractivity contribution is 0.102. The number of aromatic amines is 1. The second kappa shape index (κ2) is 5.61. The molecule has 0 bridgehead atoms. The molecule has 24 heavy (non-hydrogen) atoms. The van der Waals surface area contributed by atoms with Crippen LogP contribution in [0.15, 0.2) is 39.8 Å². The van der Waals surface area contributed by atoms with Crippen LogP contribution in [0.4, 0.5) is 5.69 Å². The molecule has 2 N–H and O–H groups in total. The minimum atomic E-state index is -0.515. The van der Waals surface area contributed by atoms with E-state index in [2.05, 4.69) is 27.2 Å². The van der Waals surface area contributed by atoms with Crippen LogP contribution in [0.5, 0.6) is 0 Å². The van der Waals surface area contributed by atoms with Crippen molar-refractivity contribution < 1.29 is 9.21 Å². The van der Waals surface area contributed by atoms with E-state index in [9.17, 15) is 9.59 Å². The zero-order chi connectivity index (χ0) is 16.7. The third kappa shape index (κ3) is 2.59. The molecular formula is C17H16N4O3. The first-order chi connectivity index (χ1) is 11.6. The van der Waals surface area contributed by atoms with Crippen LogP contribution in [0, 0.1) is 0 Å². The monoisotopic (exact) mass is 324 g/mol. The summed E-state index contributed by atoms with van der Waals surface area (Å²) in [6.45, 7) is 1.71. The molecule has 0 aliphatic carbocycles. The highest BCUT2D eigenvalue weighted by Gasteiger charge is 2.20. The summed E-state index contributed by atoms with van der Waals surface area (Å²) in [7, 11) is 2.05. The number of likely N-dealkylation sites (N-methyl/N-ethyl adjacent to an activating group) is 1. The molecule has 1 aliphatic heterocycles. The number of amides is 1. The van der Waals surface area contributed by atoms with Crippen LogP contribution in [0.2, 0.25) is 0 Å². The number of fused-ring (bicyclic) bond motifs is 2. The zero-order valence-electron chi connectivity index (χ0n) is 13.1. The average molecular weight is 324 g/mol. The number of rotatable bonds is 2. The van der Waals surface area contributed by atoms with Crippen LogP contribution in [0.3, 0.4) is 0 Å². The number of aromatic nitrogens is 2. The Bertz CT molecular complexity index is 989. The minimum absolute atomic E-state index is 0.200. The highest BCUT2D eigenvalue weighted by atomic mass is 16.4. The van der Waals surface area contributed by atoms with E-state index in [4.69, 9.17) is 4.42 Å². The third-order valence-electron chi connectivity index (χ3n) is 4.25. The fourth-order valence-corrected chi connectivity index (χ4v) is 3.06. The van der Waals surface area contributed by atoms with E-state index in [1.165, 1.54) is 0 Å². The highest BCUT2D eigenvalue weighted by Crippen LogP contribution is 2.22. The van der Waals surface area contributed by atoms with Gasteiger partial charge in [0.15, 0.2) is 5.58 Å². The molecule has 1 amide bonds. The highest BCUT2D eigenvalue weighted by molar-refractivity contribution is 6.05. The van der Waals surface area contributed by atoms with E-state index >= 15 is 0 Å². The topological polar surface area (TPSA) is 91.2 Å². The second-order valence-electron chi connectivity index (χ2n) is 5.99. The van der Waals surface area contributed by atoms with Gasteiger partial charge >= 0.3 is 5.76 Å². The van der Waals surface area contributed by atoms with E-state index in [0.29, 0.717) is 22.4 Å². The number of anilines is 1. The van der Waals surface area contributed by atoms with E-state index in [0.717, 1.165) is 30.6 Å². The number of benzene rings is 1. The van der Waals surface area contributed by atoms with Gasteiger partial charge in [0.2, 0.25) is 0 Å². The van der Waals surface area contributed by atoms with Gasteiger partial charge in [-0.1, -0.05) is 0 Å². The lowest BCUT2D eigenvalue weighted by atomic mass is 9.97. The first kappa shape index (κ1) is 14.6. The van der Waals surface area contributed by atoms with Crippen molar-refractivity contribution in [2.24, 2.45) is 0 Å². The van der Waals surface area contributed by atoms with Gasteiger partial charge in [0.1, 0.15) is 0 Å². The SMILES string of the molecule is CN1CCc2c(cncc2C(=O)Nc2ccc3oc(=O)[nH]c3c2)C1. The summed E-state index contributed by atoms with van der Waals surface area (Å²) >= 11 is 0.